The Morgan fingerprint density at radius 3 is 2.00 bits per heavy atom. The van der Waals surface area contributed by atoms with Crippen LogP contribution in [0.5, 0.6) is 0 Å². The lowest BCUT2D eigenvalue weighted by atomic mass is 9.91. The van der Waals surface area contributed by atoms with Crippen LogP contribution in [0.15, 0.2) is 29.2 Å². The molecule has 0 unspecified atom stereocenters. The maximum Gasteiger partial charge on any atom is 0.430 e. The lowest BCUT2D eigenvalue weighted by Crippen LogP contribution is -2.53. The van der Waals surface area contributed by atoms with Gasteiger partial charge < -0.3 is 5.11 Å². The molecule has 0 atom stereocenters. The van der Waals surface area contributed by atoms with Crippen LogP contribution < -0.4 is 4.72 Å². The number of rotatable bonds is 5. The van der Waals surface area contributed by atoms with Crippen LogP contribution in [0.2, 0.25) is 8.67 Å². The largest absolute Gasteiger partial charge is 0.430 e. The van der Waals surface area contributed by atoms with Gasteiger partial charge in [0.1, 0.15) is 14.9 Å². The summed E-state index contributed by atoms with van der Waals surface area (Å²) in [5.74, 6) is 0. The molecular weight excluding hydrogens is 513 g/mol. The van der Waals surface area contributed by atoms with Crippen LogP contribution in [0.4, 0.5) is 37.7 Å². The van der Waals surface area contributed by atoms with Crippen LogP contribution in [-0.4, -0.2) is 30.8 Å². The van der Waals surface area contributed by atoms with Crippen LogP contribution in [0.25, 0.3) is 0 Å². The minimum Gasteiger partial charge on any atom is -0.369 e. The van der Waals surface area contributed by atoms with Gasteiger partial charge in [0.05, 0.1) is 9.26 Å². The van der Waals surface area contributed by atoms with E-state index in [4.69, 9.17) is 23.2 Å². The number of aliphatic hydroxyl groups is 1. The van der Waals surface area contributed by atoms with Crippen molar-refractivity contribution in [1.29, 1.82) is 0 Å². The number of hydrogen-bond acceptors (Lipinski definition) is 6. The van der Waals surface area contributed by atoms with Gasteiger partial charge in [-0.3, -0.25) is 14.8 Å². The summed E-state index contributed by atoms with van der Waals surface area (Å²) < 4.78 is 104. The molecule has 0 aliphatic carbocycles. The molecular formula is C13H6Cl2F6N2O5S2. The Kier molecular flexibility index (Phi) is 6.28. The van der Waals surface area contributed by atoms with Crippen molar-refractivity contribution in [3.8, 4) is 0 Å². The fraction of sp³-hybridized carbons (Fsp3) is 0.231. The fourth-order valence-corrected chi connectivity index (χ4v) is 5.42. The molecule has 30 heavy (non-hydrogen) atoms. The number of nitro benzene ring substituents is 1. The number of nitrogens with one attached hydrogen (secondary N) is 1. The molecule has 1 heterocycles. The summed E-state index contributed by atoms with van der Waals surface area (Å²) in [4.78, 5) is 9.12. The van der Waals surface area contributed by atoms with Crippen LogP contribution in [0.3, 0.4) is 0 Å². The normalized spacial score (nSPS) is 13.4. The molecule has 1 aromatic heterocycles. The van der Waals surface area contributed by atoms with Gasteiger partial charge in [-0.2, -0.15) is 26.3 Å². The van der Waals surface area contributed by atoms with Crippen LogP contribution in [0.1, 0.15) is 5.56 Å². The summed E-state index contributed by atoms with van der Waals surface area (Å²) in [6.45, 7) is 0. The van der Waals surface area contributed by atoms with Gasteiger partial charge in [0.2, 0.25) is 0 Å². The molecule has 0 saturated carbocycles. The maximum atomic E-state index is 13.0. The second-order valence-electron chi connectivity index (χ2n) is 5.49. The second kappa shape index (κ2) is 7.71. The van der Waals surface area contributed by atoms with Crippen molar-refractivity contribution in [2.75, 3.05) is 4.72 Å². The highest BCUT2D eigenvalue weighted by Gasteiger charge is 2.71. The van der Waals surface area contributed by atoms with Gasteiger partial charge in [-0.05, 0) is 12.1 Å². The van der Waals surface area contributed by atoms with Crippen LogP contribution in [-0.2, 0) is 15.6 Å². The Morgan fingerprint density at radius 2 is 1.60 bits per heavy atom. The monoisotopic (exact) mass is 518 g/mol. The highest BCUT2D eigenvalue weighted by molar-refractivity contribution is 7.93. The topological polar surface area (TPSA) is 110 Å². The lowest BCUT2D eigenvalue weighted by molar-refractivity contribution is -0.386. The molecule has 2 aromatic rings. The van der Waals surface area contributed by atoms with Crippen molar-refractivity contribution >= 4 is 55.9 Å². The molecule has 0 fully saturated rings. The molecule has 166 valence electrons. The highest BCUT2D eigenvalue weighted by Crippen LogP contribution is 2.51. The summed E-state index contributed by atoms with van der Waals surface area (Å²) >= 11 is 11.9. The van der Waals surface area contributed by atoms with E-state index in [0.29, 0.717) is 11.3 Å². The number of benzene rings is 1. The predicted molar refractivity (Wildman–Crippen MR) is 94.3 cm³/mol. The summed E-state index contributed by atoms with van der Waals surface area (Å²) in [7, 11) is -4.65. The molecule has 17 heteroatoms. The van der Waals surface area contributed by atoms with E-state index in [0.717, 1.165) is 6.07 Å². The van der Waals surface area contributed by atoms with Crippen molar-refractivity contribution in [2.45, 2.75) is 22.8 Å². The third-order valence-corrected chi connectivity index (χ3v) is 6.71. The SMILES string of the molecule is O=[N+]([O-])c1cc(C(O)(C(F)(F)F)C(F)(F)F)ccc1NS(=O)(=O)c1cc(Cl)sc1Cl. The number of halogens is 8. The molecule has 2 rings (SSSR count). The number of nitro groups is 1. The van der Waals surface area contributed by atoms with Crippen molar-refractivity contribution in [2.24, 2.45) is 0 Å². The Labute approximate surface area is 177 Å². The van der Waals surface area contributed by atoms with Gasteiger partial charge in [0.15, 0.2) is 0 Å². The van der Waals surface area contributed by atoms with E-state index in [2.05, 4.69) is 0 Å². The maximum absolute atomic E-state index is 13.0. The van der Waals surface area contributed by atoms with Crippen LogP contribution >= 0.6 is 34.5 Å². The number of alkyl halides is 6. The van der Waals surface area contributed by atoms with Gasteiger partial charge in [0.25, 0.3) is 21.3 Å². The average Bonchev–Trinajstić information content (AvgIpc) is 2.91. The second-order valence-corrected chi connectivity index (χ2v) is 9.43. The van der Waals surface area contributed by atoms with E-state index in [9.17, 15) is 50.0 Å². The minimum atomic E-state index is -6.29. The number of sulfonamides is 1. The van der Waals surface area contributed by atoms with Crippen molar-refractivity contribution in [1.82, 2.24) is 0 Å². The fourth-order valence-electron chi connectivity index (χ4n) is 2.19. The number of nitrogens with zero attached hydrogens (tertiary/aromatic N) is 1. The van der Waals surface area contributed by atoms with E-state index in [1.807, 2.05) is 0 Å². The molecule has 7 nitrogen and oxygen atoms in total. The lowest BCUT2D eigenvalue weighted by Gasteiger charge is -2.32. The van der Waals surface area contributed by atoms with Crippen LogP contribution in [0, 0.1) is 10.1 Å². The highest BCUT2D eigenvalue weighted by atomic mass is 35.5. The third kappa shape index (κ3) is 4.30. The van der Waals surface area contributed by atoms with E-state index < -0.39 is 54.7 Å². The average molecular weight is 519 g/mol. The molecule has 2 N–H and O–H groups in total. The molecule has 1 aromatic carbocycles. The summed E-state index contributed by atoms with van der Waals surface area (Å²) in [5, 5.41) is 20.5. The number of hydrogen-bond donors (Lipinski definition) is 2. The zero-order valence-electron chi connectivity index (χ0n) is 13.7. The van der Waals surface area contributed by atoms with Gasteiger partial charge in [-0.25, -0.2) is 8.42 Å². The quantitative estimate of drug-likeness (QED) is 0.326. The van der Waals surface area contributed by atoms with E-state index >= 15 is 0 Å². The Morgan fingerprint density at radius 1 is 1.07 bits per heavy atom. The van der Waals surface area contributed by atoms with E-state index in [1.165, 1.54) is 0 Å². The Hall–Kier alpha value is -1.81. The molecule has 0 bridgehead atoms. The molecule has 0 aliphatic rings. The Bertz CT molecular complexity index is 1090. The zero-order valence-corrected chi connectivity index (χ0v) is 16.8. The van der Waals surface area contributed by atoms with E-state index in [1.54, 1.807) is 4.72 Å². The smallest absolute Gasteiger partial charge is 0.369 e. The summed E-state index contributed by atoms with van der Waals surface area (Å²) in [6, 6.07) is 0.966. The molecule has 0 aliphatic heterocycles. The molecule has 0 radical (unpaired) electrons. The van der Waals surface area contributed by atoms with Gasteiger partial charge in [-0.15, -0.1) is 11.3 Å². The van der Waals surface area contributed by atoms with Gasteiger partial charge in [-0.1, -0.05) is 29.3 Å². The zero-order chi connectivity index (χ0) is 23.3. The number of anilines is 1. The van der Waals surface area contributed by atoms with Gasteiger partial charge >= 0.3 is 12.4 Å². The third-order valence-electron chi connectivity index (χ3n) is 3.59. The summed E-state index contributed by atoms with van der Waals surface area (Å²) in [5.41, 5.74) is -9.84. The first-order valence-corrected chi connectivity index (χ1v) is 10.1. The molecule has 0 saturated heterocycles. The standard InChI is InChI=1S/C13H6Cl2F6N2O5S2/c14-9-4-8(10(15)29-9)30(27,28)22-6-2-1-5(3-7(6)23(25)26)11(24,12(16,17)18)13(19,20)21/h1-4,22,24H. The molecule has 0 amide bonds. The van der Waals surface area contributed by atoms with Gasteiger partial charge in [0, 0.05) is 11.6 Å². The predicted octanol–water partition coefficient (Wildman–Crippen LogP) is 5.08. The summed E-state index contributed by atoms with van der Waals surface area (Å²) in [6.07, 6.45) is -12.6. The Balaban J connectivity index is 2.63. The molecule has 0 spiro atoms. The first kappa shape index (κ1) is 24.5. The van der Waals surface area contributed by atoms with E-state index in [-0.39, 0.29) is 26.9 Å². The first-order chi connectivity index (χ1) is 13.4. The van der Waals surface area contributed by atoms with Crippen molar-refractivity contribution < 1.29 is 44.8 Å². The van der Waals surface area contributed by atoms with Crippen molar-refractivity contribution in [3.05, 3.63) is 48.6 Å². The van der Waals surface area contributed by atoms with Crippen molar-refractivity contribution in [3.63, 3.8) is 0 Å². The first-order valence-electron chi connectivity index (χ1n) is 7.04. The number of thiophene rings is 1. The minimum absolute atomic E-state index is 0.0496.